The van der Waals surface area contributed by atoms with Crippen molar-refractivity contribution in [3.8, 4) is 22.1 Å². The Morgan fingerprint density at radius 3 is 2.57 bits per heavy atom. The standard InChI is InChI=1S/C16H22N2O2S/c1-10(2)8-20-14-6-5-12(7-15(14)19-4)16-18-13(9-21-16)11(3)17/h5-7,9-11H,8,17H2,1-4H3. The van der Waals surface area contributed by atoms with E-state index < -0.39 is 0 Å². The van der Waals surface area contributed by atoms with E-state index in [1.54, 1.807) is 18.4 Å². The van der Waals surface area contributed by atoms with Gasteiger partial charge in [-0.1, -0.05) is 13.8 Å². The molecule has 0 aliphatic rings. The van der Waals surface area contributed by atoms with Crippen molar-refractivity contribution in [1.82, 2.24) is 4.98 Å². The summed E-state index contributed by atoms with van der Waals surface area (Å²) in [5.41, 5.74) is 7.78. The normalized spacial score (nSPS) is 12.5. The first-order valence-corrected chi connectivity index (χ1v) is 7.91. The predicted octanol–water partition coefficient (Wildman–Crippen LogP) is 3.87. The first-order chi connectivity index (χ1) is 10.0. The Labute approximate surface area is 129 Å². The van der Waals surface area contributed by atoms with Crippen LogP contribution >= 0.6 is 11.3 Å². The number of rotatable bonds is 6. The number of nitrogens with two attached hydrogens (primary N) is 1. The summed E-state index contributed by atoms with van der Waals surface area (Å²) in [4.78, 5) is 4.56. The maximum Gasteiger partial charge on any atom is 0.161 e. The van der Waals surface area contributed by atoms with E-state index in [2.05, 4.69) is 18.8 Å². The second-order valence-electron chi connectivity index (χ2n) is 5.44. The largest absolute Gasteiger partial charge is 0.493 e. The first-order valence-electron chi connectivity index (χ1n) is 7.03. The number of methoxy groups -OCH3 is 1. The number of thiazole rings is 1. The summed E-state index contributed by atoms with van der Waals surface area (Å²) in [6.07, 6.45) is 0. The highest BCUT2D eigenvalue weighted by molar-refractivity contribution is 7.13. The van der Waals surface area contributed by atoms with Crippen LogP contribution in [0.1, 0.15) is 32.5 Å². The maximum atomic E-state index is 5.85. The lowest BCUT2D eigenvalue weighted by molar-refractivity contribution is 0.257. The van der Waals surface area contributed by atoms with E-state index in [1.165, 1.54) is 0 Å². The fraction of sp³-hybridized carbons (Fsp3) is 0.438. The molecule has 0 saturated heterocycles. The van der Waals surface area contributed by atoms with Crippen LogP contribution in [0.15, 0.2) is 23.6 Å². The molecule has 1 aromatic carbocycles. The quantitative estimate of drug-likeness (QED) is 0.880. The molecular weight excluding hydrogens is 284 g/mol. The average Bonchev–Trinajstić information content (AvgIpc) is 2.94. The highest BCUT2D eigenvalue weighted by Crippen LogP contribution is 2.34. The lowest BCUT2D eigenvalue weighted by atomic mass is 10.2. The molecule has 0 bridgehead atoms. The van der Waals surface area contributed by atoms with Crippen molar-refractivity contribution in [3.63, 3.8) is 0 Å². The van der Waals surface area contributed by atoms with Crippen LogP contribution in [-0.4, -0.2) is 18.7 Å². The number of aromatic nitrogens is 1. The van der Waals surface area contributed by atoms with Gasteiger partial charge >= 0.3 is 0 Å². The van der Waals surface area contributed by atoms with Crippen LogP contribution < -0.4 is 15.2 Å². The van der Waals surface area contributed by atoms with Crippen molar-refractivity contribution >= 4 is 11.3 Å². The molecule has 1 unspecified atom stereocenters. The van der Waals surface area contributed by atoms with Gasteiger partial charge in [0, 0.05) is 17.0 Å². The van der Waals surface area contributed by atoms with E-state index in [0.717, 1.165) is 27.8 Å². The summed E-state index contributed by atoms with van der Waals surface area (Å²) in [7, 11) is 1.65. The van der Waals surface area contributed by atoms with E-state index in [4.69, 9.17) is 15.2 Å². The molecule has 0 radical (unpaired) electrons. The summed E-state index contributed by atoms with van der Waals surface area (Å²) in [5.74, 6) is 1.96. The highest BCUT2D eigenvalue weighted by Gasteiger charge is 2.12. The van der Waals surface area contributed by atoms with Gasteiger partial charge in [-0.25, -0.2) is 4.98 Å². The summed E-state index contributed by atoms with van der Waals surface area (Å²) < 4.78 is 11.2. The van der Waals surface area contributed by atoms with Gasteiger partial charge in [0.15, 0.2) is 11.5 Å². The minimum absolute atomic E-state index is 0.0504. The minimum atomic E-state index is -0.0504. The predicted molar refractivity (Wildman–Crippen MR) is 87.0 cm³/mol. The van der Waals surface area contributed by atoms with E-state index in [1.807, 2.05) is 30.5 Å². The van der Waals surface area contributed by atoms with Crippen molar-refractivity contribution in [2.24, 2.45) is 11.7 Å². The van der Waals surface area contributed by atoms with Gasteiger partial charge in [0.1, 0.15) is 5.01 Å². The molecule has 21 heavy (non-hydrogen) atoms. The van der Waals surface area contributed by atoms with Crippen molar-refractivity contribution in [2.45, 2.75) is 26.8 Å². The Kier molecular flexibility index (Phi) is 5.20. The molecule has 1 atom stereocenters. The van der Waals surface area contributed by atoms with Crippen molar-refractivity contribution < 1.29 is 9.47 Å². The zero-order chi connectivity index (χ0) is 15.4. The zero-order valence-corrected chi connectivity index (χ0v) is 13.7. The molecule has 0 aliphatic heterocycles. The second kappa shape index (κ2) is 6.91. The highest BCUT2D eigenvalue weighted by atomic mass is 32.1. The fourth-order valence-corrected chi connectivity index (χ4v) is 2.73. The van der Waals surface area contributed by atoms with Crippen LogP contribution in [0.4, 0.5) is 0 Å². The number of hydrogen-bond donors (Lipinski definition) is 1. The van der Waals surface area contributed by atoms with Crippen molar-refractivity contribution in [1.29, 1.82) is 0 Å². The van der Waals surface area contributed by atoms with E-state index in [9.17, 15) is 0 Å². The molecule has 0 fully saturated rings. The second-order valence-corrected chi connectivity index (χ2v) is 6.29. The van der Waals surface area contributed by atoms with Gasteiger partial charge in [0.05, 0.1) is 19.4 Å². The molecule has 0 amide bonds. The molecule has 5 heteroatoms. The average molecular weight is 306 g/mol. The molecular formula is C16H22N2O2S. The van der Waals surface area contributed by atoms with Crippen LogP contribution in [0.3, 0.4) is 0 Å². The van der Waals surface area contributed by atoms with Crippen LogP contribution in [-0.2, 0) is 0 Å². The SMILES string of the molecule is COc1cc(-c2nc(C(C)N)cs2)ccc1OCC(C)C. The van der Waals surface area contributed by atoms with Crippen molar-refractivity contribution in [3.05, 3.63) is 29.3 Å². The zero-order valence-electron chi connectivity index (χ0n) is 12.9. The maximum absolute atomic E-state index is 5.85. The van der Waals surface area contributed by atoms with Crippen LogP contribution in [0.25, 0.3) is 10.6 Å². The summed E-state index contributed by atoms with van der Waals surface area (Å²) in [6.45, 7) is 6.84. The smallest absolute Gasteiger partial charge is 0.161 e. The van der Waals surface area contributed by atoms with Gasteiger partial charge in [-0.2, -0.15) is 0 Å². The van der Waals surface area contributed by atoms with Gasteiger partial charge in [0.2, 0.25) is 0 Å². The summed E-state index contributed by atoms with van der Waals surface area (Å²) in [5, 5.41) is 2.94. The van der Waals surface area contributed by atoms with Gasteiger partial charge < -0.3 is 15.2 Å². The first kappa shape index (κ1) is 15.8. The Bertz CT molecular complexity index is 594. The van der Waals surface area contributed by atoms with Gasteiger partial charge in [-0.15, -0.1) is 11.3 Å². The molecule has 2 N–H and O–H groups in total. The third kappa shape index (κ3) is 3.95. The Hall–Kier alpha value is -1.59. The topological polar surface area (TPSA) is 57.4 Å². The van der Waals surface area contributed by atoms with Crippen molar-refractivity contribution in [2.75, 3.05) is 13.7 Å². The number of nitrogens with zero attached hydrogens (tertiary/aromatic N) is 1. The molecule has 2 rings (SSSR count). The van der Waals surface area contributed by atoms with E-state index in [-0.39, 0.29) is 6.04 Å². The third-order valence-electron chi connectivity index (χ3n) is 2.97. The molecule has 4 nitrogen and oxygen atoms in total. The molecule has 0 spiro atoms. The van der Waals surface area contributed by atoms with Crippen LogP contribution in [0.2, 0.25) is 0 Å². The van der Waals surface area contributed by atoms with Crippen LogP contribution in [0, 0.1) is 5.92 Å². The molecule has 2 aromatic rings. The van der Waals surface area contributed by atoms with E-state index in [0.29, 0.717) is 12.5 Å². The van der Waals surface area contributed by atoms with Gasteiger partial charge in [-0.05, 0) is 31.0 Å². The molecule has 1 aromatic heterocycles. The molecule has 114 valence electrons. The Morgan fingerprint density at radius 1 is 1.24 bits per heavy atom. The fourth-order valence-electron chi connectivity index (χ4n) is 1.80. The number of hydrogen-bond acceptors (Lipinski definition) is 5. The van der Waals surface area contributed by atoms with E-state index >= 15 is 0 Å². The number of ether oxygens (including phenoxy) is 2. The molecule has 0 aliphatic carbocycles. The lowest BCUT2D eigenvalue weighted by Gasteiger charge is -2.13. The third-order valence-corrected chi connectivity index (χ3v) is 3.88. The van der Waals surface area contributed by atoms with Gasteiger partial charge in [0.25, 0.3) is 0 Å². The van der Waals surface area contributed by atoms with Gasteiger partial charge in [-0.3, -0.25) is 0 Å². The Balaban J connectivity index is 2.25. The minimum Gasteiger partial charge on any atom is -0.493 e. The Morgan fingerprint density at radius 2 is 2.00 bits per heavy atom. The van der Waals surface area contributed by atoms with Crippen LogP contribution in [0.5, 0.6) is 11.5 Å². The monoisotopic (exact) mass is 306 g/mol. The summed E-state index contributed by atoms with van der Waals surface area (Å²) >= 11 is 1.59. The molecule has 0 saturated carbocycles. The molecule has 1 heterocycles. The lowest BCUT2D eigenvalue weighted by Crippen LogP contribution is -2.05. The number of benzene rings is 1. The summed E-state index contributed by atoms with van der Waals surface area (Å²) in [6, 6.07) is 5.84.